The number of tetrazole rings is 1. The second kappa shape index (κ2) is 7.83. The van der Waals surface area contributed by atoms with E-state index in [9.17, 15) is 14.7 Å². The number of carboxylic acids is 1. The maximum atomic E-state index is 12.6. The molecule has 9 nitrogen and oxygen atoms in total. The first kappa shape index (κ1) is 19.0. The van der Waals surface area contributed by atoms with Gasteiger partial charge in [-0.25, -0.2) is 0 Å². The van der Waals surface area contributed by atoms with Gasteiger partial charge in [-0.05, 0) is 25.0 Å². The molecular weight excluding hydrogens is 350 g/mol. The third-order valence-electron chi connectivity index (χ3n) is 4.84. The Bertz CT molecular complexity index is 815. The highest BCUT2D eigenvalue weighted by atomic mass is 16.5. The Morgan fingerprint density at radius 1 is 1.30 bits per heavy atom. The van der Waals surface area contributed by atoms with Crippen molar-refractivity contribution in [3.8, 4) is 11.4 Å². The van der Waals surface area contributed by atoms with E-state index in [1.165, 1.54) is 11.9 Å². The van der Waals surface area contributed by atoms with Gasteiger partial charge in [-0.1, -0.05) is 29.8 Å². The van der Waals surface area contributed by atoms with Crippen LogP contribution in [0.2, 0.25) is 0 Å². The molecule has 1 fully saturated rings. The molecule has 1 atom stereocenters. The number of hydrogen-bond acceptors (Lipinski definition) is 6. The summed E-state index contributed by atoms with van der Waals surface area (Å²) in [6, 6.07) is 7.70. The number of rotatable bonds is 6. The minimum absolute atomic E-state index is 0.0747. The van der Waals surface area contributed by atoms with Crippen LogP contribution in [0.15, 0.2) is 24.3 Å². The Morgan fingerprint density at radius 3 is 2.70 bits per heavy atom. The fraction of sp³-hybridized carbons (Fsp3) is 0.500. The van der Waals surface area contributed by atoms with E-state index in [2.05, 4.69) is 15.4 Å². The Hall–Kier alpha value is -2.81. The molecule has 0 saturated carbocycles. The second-order valence-electron chi connectivity index (χ2n) is 6.95. The largest absolute Gasteiger partial charge is 0.481 e. The normalized spacial score (nSPS) is 19.9. The summed E-state index contributed by atoms with van der Waals surface area (Å²) in [6.07, 6.45) is 1.10. The Kier molecular flexibility index (Phi) is 5.50. The highest BCUT2D eigenvalue weighted by Gasteiger charge is 2.43. The third kappa shape index (κ3) is 4.13. The van der Waals surface area contributed by atoms with Gasteiger partial charge in [-0.15, -0.1) is 10.2 Å². The van der Waals surface area contributed by atoms with Crippen LogP contribution >= 0.6 is 0 Å². The van der Waals surface area contributed by atoms with E-state index in [4.69, 9.17) is 4.74 Å². The van der Waals surface area contributed by atoms with Crippen LogP contribution in [-0.4, -0.2) is 68.9 Å². The number of hydrogen-bond donors (Lipinski definition) is 1. The van der Waals surface area contributed by atoms with Crippen LogP contribution in [0.4, 0.5) is 0 Å². The van der Waals surface area contributed by atoms with Crippen molar-refractivity contribution in [2.24, 2.45) is 5.41 Å². The molecule has 2 heterocycles. The summed E-state index contributed by atoms with van der Waals surface area (Å²) in [5.74, 6) is -0.729. The lowest BCUT2D eigenvalue weighted by molar-refractivity contribution is -0.159. The standard InChI is InChI=1S/C18H23N5O4/c1-13-4-6-14(7-5-13)16-19-21-23(20-16)10-15(24)22-9-3-8-18(11-22,12-27-2)17(25)26/h4-7H,3,8-12H2,1-2H3,(H,25,26). The number of benzene rings is 1. The van der Waals surface area contributed by atoms with Crippen LogP contribution in [0.25, 0.3) is 11.4 Å². The van der Waals surface area contributed by atoms with Gasteiger partial charge in [0, 0.05) is 25.8 Å². The minimum atomic E-state index is -1.06. The molecule has 1 aliphatic heterocycles. The Labute approximate surface area is 156 Å². The molecule has 3 rings (SSSR count). The fourth-order valence-corrected chi connectivity index (χ4v) is 3.32. The van der Waals surface area contributed by atoms with Crippen LogP contribution in [0.1, 0.15) is 18.4 Å². The van der Waals surface area contributed by atoms with E-state index in [1.807, 2.05) is 31.2 Å². The van der Waals surface area contributed by atoms with Crippen molar-refractivity contribution < 1.29 is 19.4 Å². The molecule has 144 valence electrons. The molecule has 0 bridgehead atoms. The lowest BCUT2D eigenvalue weighted by atomic mass is 9.80. The number of nitrogens with zero attached hydrogens (tertiary/aromatic N) is 5. The van der Waals surface area contributed by atoms with Crippen molar-refractivity contribution in [3.05, 3.63) is 29.8 Å². The number of aliphatic carboxylic acids is 1. The number of aromatic nitrogens is 4. The van der Waals surface area contributed by atoms with Gasteiger partial charge in [0.25, 0.3) is 0 Å². The lowest BCUT2D eigenvalue weighted by Crippen LogP contribution is -2.52. The third-order valence-corrected chi connectivity index (χ3v) is 4.84. The van der Waals surface area contributed by atoms with Gasteiger partial charge in [-0.2, -0.15) is 4.80 Å². The van der Waals surface area contributed by atoms with Crippen LogP contribution in [0.5, 0.6) is 0 Å². The van der Waals surface area contributed by atoms with Crippen molar-refractivity contribution in [2.75, 3.05) is 26.8 Å². The van der Waals surface area contributed by atoms with E-state index in [-0.39, 0.29) is 25.6 Å². The molecule has 9 heteroatoms. The van der Waals surface area contributed by atoms with Gasteiger partial charge in [0.15, 0.2) is 0 Å². The zero-order chi connectivity index (χ0) is 19.4. The van der Waals surface area contributed by atoms with Crippen molar-refractivity contribution >= 4 is 11.9 Å². The molecule has 0 radical (unpaired) electrons. The van der Waals surface area contributed by atoms with Crippen LogP contribution < -0.4 is 0 Å². The van der Waals surface area contributed by atoms with Crippen LogP contribution in [0, 0.1) is 12.3 Å². The summed E-state index contributed by atoms with van der Waals surface area (Å²) in [7, 11) is 1.47. The summed E-state index contributed by atoms with van der Waals surface area (Å²) >= 11 is 0. The molecule has 1 aliphatic rings. The quantitative estimate of drug-likeness (QED) is 0.804. The van der Waals surface area contributed by atoms with E-state index < -0.39 is 11.4 Å². The number of methoxy groups -OCH3 is 1. The molecular formula is C18H23N5O4. The molecule has 1 aromatic heterocycles. The smallest absolute Gasteiger partial charge is 0.313 e. The van der Waals surface area contributed by atoms with Crippen molar-refractivity contribution in [2.45, 2.75) is 26.3 Å². The molecule has 0 spiro atoms. The van der Waals surface area contributed by atoms with E-state index in [0.717, 1.165) is 11.1 Å². The monoisotopic (exact) mass is 373 g/mol. The Balaban J connectivity index is 1.68. The van der Waals surface area contributed by atoms with Gasteiger partial charge in [-0.3, -0.25) is 9.59 Å². The Morgan fingerprint density at radius 2 is 2.04 bits per heavy atom. The zero-order valence-corrected chi connectivity index (χ0v) is 15.5. The van der Waals surface area contributed by atoms with Gasteiger partial charge >= 0.3 is 5.97 Å². The SMILES string of the molecule is COCC1(C(=O)O)CCCN(C(=O)Cn2nnc(-c3ccc(C)cc3)n2)C1. The first-order chi connectivity index (χ1) is 12.9. The zero-order valence-electron chi connectivity index (χ0n) is 15.5. The number of aryl methyl sites for hydroxylation is 1. The van der Waals surface area contributed by atoms with Crippen molar-refractivity contribution in [1.29, 1.82) is 0 Å². The number of carbonyl (C=O) groups excluding carboxylic acids is 1. The predicted molar refractivity (Wildman–Crippen MR) is 95.7 cm³/mol. The highest BCUT2D eigenvalue weighted by molar-refractivity contribution is 5.79. The topological polar surface area (TPSA) is 110 Å². The first-order valence-corrected chi connectivity index (χ1v) is 8.78. The van der Waals surface area contributed by atoms with Crippen LogP contribution in [-0.2, 0) is 20.9 Å². The highest BCUT2D eigenvalue weighted by Crippen LogP contribution is 2.31. The molecule has 1 amide bonds. The fourth-order valence-electron chi connectivity index (χ4n) is 3.32. The maximum Gasteiger partial charge on any atom is 0.313 e. The van der Waals surface area contributed by atoms with Gasteiger partial charge in [0.2, 0.25) is 11.7 Å². The maximum absolute atomic E-state index is 12.6. The molecule has 1 N–H and O–H groups in total. The predicted octanol–water partition coefficient (Wildman–Crippen LogP) is 0.988. The summed E-state index contributed by atoms with van der Waals surface area (Å²) in [5, 5.41) is 21.8. The van der Waals surface area contributed by atoms with E-state index in [1.54, 1.807) is 4.90 Å². The molecule has 1 saturated heterocycles. The number of piperidine rings is 1. The first-order valence-electron chi connectivity index (χ1n) is 8.78. The van der Waals surface area contributed by atoms with Crippen LogP contribution in [0.3, 0.4) is 0 Å². The van der Waals surface area contributed by atoms with Crippen molar-refractivity contribution in [1.82, 2.24) is 25.1 Å². The summed E-state index contributed by atoms with van der Waals surface area (Å²) in [6.45, 7) is 2.62. The summed E-state index contributed by atoms with van der Waals surface area (Å²) in [5.41, 5.74) is 0.887. The lowest BCUT2D eigenvalue weighted by Gasteiger charge is -2.39. The van der Waals surface area contributed by atoms with Gasteiger partial charge in [0.05, 0.1) is 6.61 Å². The number of likely N-dealkylation sites (tertiary alicyclic amines) is 1. The number of carbonyl (C=O) groups is 2. The average molecular weight is 373 g/mol. The number of amides is 1. The average Bonchev–Trinajstić information content (AvgIpc) is 3.11. The van der Waals surface area contributed by atoms with E-state index >= 15 is 0 Å². The molecule has 1 unspecified atom stereocenters. The van der Waals surface area contributed by atoms with Gasteiger partial charge < -0.3 is 14.7 Å². The number of ether oxygens (including phenoxy) is 1. The molecule has 2 aromatic rings. The van der Waals surface area contributed by atoms with Crippen molar-refractivity contribution in [3.63, 3.8) is 0 Å². The van der Waals surface area contributed by atoms with Gasteiger partial charge in [0.1, 0.15) is 12.0 Å². The molecule has 1 aromatic carbocycles. The number of carboxylic acid groups (broad SMARTS) is 1. The minimum Gasteiger partial charge on any atom is -0.481 e. The summed E-state index contributed by atoms with van der Waals surface area (Å²) in [4.78, 5) is 27.1. The van der Waals surface area contributed by atoms with E-state index in [0.29, 0.717) is 25.2 Å². The molecule has 0 aliphatic carbocycles. The summed E-state index contributed by atoms with van der Waals surface area (Å²) < 4.78 is 5.09. The molecule has 27 heavy (non-hydrogen) atoms. The second-order valence-corrected chi connectivity index (χ2v) is 6.95.